The van der Waals surface area contributed by atoms with Crippen molar-refractivity contribution in [2.24, 2.45) is 0 Å². The van der Waals surface area contributed by atoms with Crippen molar-refractivity contribution in [3.8, 4) is 17.6 Å². The minimum Gasteiger partial charge on any atom is -0.493 e. The first-order chi connectivity index (χ1) is 14.4. The van der Waals surface area contributed by atoms with Gasteiger partial charge in [-0.25, -0.2) is 14.0 Å². The fourth-order valence-corrected chi connectivity index (χ4v) is 2.63. The highest BCUT2D eigenvalue weighted by molar-refractivity contribution is 5.94. The second kappa shape index (κ2) is 10.8. The summed E-state index contributed by atoms with van der Waals surface area (Å²) in [4.78, 5) is 23.9. The molecule has 1 radical (unpaired) electrons. The molecule has 2 aromatic carbocycles. The lowest BCUT2D eigenvalue weighted by Gasteiger charge is -2.24. The molecule has 0 aliphatic carbocycles. The van der Waals surface area contributed by atoms with E-state index in [1.807, 2.05) is 6.07 Å². The molecular formula is C23H21FNO5. The lowest BCUT2D eigenvalue weighted by Crippen LogP contribution is -2.32. The highest BCUT2D eigenvalue weighted by atomic mass is 19.1. The highest BCUT2D eigenvalue weighted by Crippen LogP contribution is 2.25. The van der Waals surface area contributed by atoms with E-state index in [0.717, 1.165) is 12.1 Å². The smallest absolute Gasteiger partial charge is 0.347 e. The largest absolute Gasteiger partial charge is 0.493 e. The summed E-state index contributed by atoms with van der Waals surface area (Å²) in [7, 11) is 0. The van der Waals surface area contributed by atoms with Gasteiger partial charge < -0.3 is 14.2 Å². The molecule has 0 fully saturated rings. The van der Waals surface area contributed by atoms with Crippen LogP contribution in [0.3, 0.4) is 0 Å². The monoisotopic (exact) mass is 410 g/mol. The minimum atomic E-state index is -1.27. The Morgan fingerprint density at radius 3 is 2.73 bits per heavy atom. The molecule has 30 heavy (non-hydrogen) atoms. The zero-order chi connectivity index (χ0) is 22.0. The lowest BCUT2D eigenvalue weighted by atomic mass is 9.96. The summed E-state index contributed by atoms with van der Waals surface area (Å²) in [5, 5.41) is 9.42. The Morgan fingerprint density at radius 2 is 2.07 bits per heavy atom. The van der Waals surface area contributed by atoms with Crippen LogP contribution in [0.15, 0.2) is 55.1 Å². The van der Waals surface area contributed by atoms with E-state index >= 15 is 0 Å². The molecule has 155 valence electrons. The highest BCUT2D eigenvalue weighted by Gasteiger charge is 2.31. The Labute approximate surface area is 174 Å². The quantitative estimate of drug-likeness (QED) is 0.250. The third kappa shape index (κ3) is 5.92. The van der Waals surface area contributed by atoms with Gasteiger partial charge in [0, 0.05) is 12.5 Å². The van der Waals surface area contributed by atoms with E-state index in [1.165, 1.54) is 18.2 Å². The van der Waals surface area contributed by atoms with Crippen molar-refractivity contribution in [2.45, 2.75) is 31.8 Å². The molecule has 0 spiro atoms. The molecule has 1 atom stereocenters. The number of benzene rings is 2. The minimum absolute atomic E-state index is 0.129. The van der Waals surface area contributed by atoms with Crippen molar-refractivity contribution in [1.29, 1.82) is 5.26 Å². The Morgan fingerprint density at radius 1 is 1.30 bits per heavy atom. The molecule has 0 aliphatic heterocycles. The van der Waals surface area contributed by atoms with E-state index in [1.54, 1.807) is 25.1 Å². The lowest BCUT2D eigenvalue weighted by molar-refractivity contribution is -0.149. The average molecular weight is 410 g/mol. The second-order valence-corrected chi connectivity index (χ2v) is 6.28. The number of nitrogens with zero attached hydrogens (tertiary/aromatic N) is 1. The van der Waals surface area contributed by atoms with Gasteiger partial charge in [0.25, 0.3) is 0 Å². The van der Waals surface area contributed by atoms with Crippen molar-refractivity contribution in [2.75, 3.05) is 6.61 Å². The number of esters is 2. The maximum Gasteiger partial charge on any atom is 0.347 e. The fraction of sp³-hybridized carbons (Fsp3) is 0.261. The molecule has 2 aromatic rings. The molecule has 0 amide bonds. The Kier molecular flexibility index (Phi) is 8.12. The number of nitriles is 1. The predicted octanol–water partition coefficient (Wildman–Crippen LogP) is 4.41. The molecule has 6 nitrogen and oxygen atoms in total. The van der Waals surface area contributed by atoms with Gasteiger partial charge in [-0.05, 0) is 43.2 Å². The summed E-state index contributed by atoms with van der Waals surface area (Å²) < 4.78 is 29.7. The SMILES string of the molecule is C=CC(=O)OC(C#N)(CC)CCCOc1ccccc1C(=O)Oc1cc[c]cc1F. The van der Waals surface area contributed by atoms with Gasteiger partial charge in [-0.2, -0.15) is 5.26 Å². The van der Waals surface area contributed by atoms with Crippen molar-refractivity contribution in [3.63, 3.8) is 0 Å². The first-order valence-electron chi connectivity index (χ1n) is 9.31. The first kappa shape index (κ1) is 22.6. The zero-order valence-electron chi connectivity index (χ0n) is 16.5. The number of para-hydroxylation sites is 1. The summed E-state index contributed by atoms with van der Waals surface area (Å²) in [6.45, 7) is 5.24. The number of hydrogen-bond acceptors (Lipinski definition) is 6. The number of hydrogen-bond donors (Lipinski definition) is 0. The summed E-state index contributed by atoms with van der Waals surface area (Å²) in [5.74, 6) is -2.09. The molecule has 0 saturated carbocycles. The average Bonchev–Trinajstić information content (AvgIpc) is 2.77. The molecule has 0 heterocycles. The first-order valence-corrected chi connectivity index (χ1v) is 9.31. The normalized spacial score (nSPS) is 12.2. The maximum atomic E-state index is 13.7. The van der Waals surface area contributed by atoms with Crippen molar-refractivity contribution < 1.29 is 28.2 Å². The molecule has 0 aliphatic rings. The Hall–Kier alpha value is -3.66. The fourth-order valence-electron chi connectivity index (χ4n) is 2.63. The van der Waals surface area contributed by atoms with Crippen molar-refractivity contribution >= 4 is 11.9 Å². The van der Waals surface area contributed by atoms with Gasteiger partial charge in [0.2, 0.25) is 0 Å². The van der Waals surface area contributed by atoms with Gasteiger partial charge in [0.15, 0.2) is 17.2 Å². The van der Waals surface area contributed by atoms with Crippen LogP contribution in [-0.2, 0) is 9.53 Å². The van der Waals surface area contributed by atoms with E-state index in [4.69, 9.17) is 14.2 Å². The molecular weight excluding hydrogens is 389 g/mol. The van der Waals surface area contributed by atoms with E-state index in [2.05, 4.69) is 12.6 Å². The van der Waals surface area contributed by atoms with Crippen LogP contribution >= 0.6 is 0 Å². The molecule has 0 N–H and O–H groups in total. The third-order valence-electron chi connectivity index (χ3n) is 4.31. The standard InChI is InChI=1S/C23H21FNO5/c1-3-21(26)30-23(4-2,16-25)14-9-15-28-19-12-7-5-10-17(19)22(27)29-20-13-8-6-11-18(20)24/h3,5,7-8,10-13H,1,4,9,14-15H2,2H3. The van der Waals surface area contributed by atoms with E-state index in [9.17, 15) is 19.2 Å². The van der Waals surface area contributed by atoms with Crippen LogP contribution in [0.1, 0.15) is 36.5 Å². The molecule has 7 heteroatoms. The van der Waals surface area contributed by atoms with E-state index in [-0.39, 0.29) is 30.1 Å². The Bertz CT molecular complexity index is 953. The van der Waals surface area contributed by atoms with Crippen LogP contribution in [0, 0.1) is 23.2 Å². The van der Waals surface area contributed by atoms with Crippen LogP contribution in [-0.4, -0.2) is 24.1 Å². The second-order valence-electron chi connectivity index (χ2n) is 6.28. The topological polar surface area (TPSA) is 85.6 Å². The van der Waals surface area contributed by atoms with Gasteiger partial charge in [0.1, 0.15) is 17.4 Å². The Balaban J connectivity index is 2.00. The van der Waals surface area contributed by atoms with Gasteiger partial charge in [-0.3, -0.25) is 0 Å². The summed E-state index contributed by atoms with van der Waals surface area (Å²) in [6.07, 6.45) is 1.95. The van der Waals surface area contributed by atoms with Crippen LogP contribution < -0.4 is 9.47 Å². The third-order valence-corrected chi connectivity index (χ3v) is 4.31. The maximum absolute atomic E-state index is 13.7. The van der Waals surface area contributed by atoms with Crippen molar-refractivity contribution in [3.05, 3.63) is 72.6 Å². The number of rotatable bonds is 10. The van der Waals surface area contributed by atoms with Gasteiger partial charge in [0.05, 0.1) is 6.61 Å². The van der Waals surface area contributed by atoms with Crippen molar-refractivity contribution in [1.82, 2.24) is 0 Å². The number of ether oxygens (including phenoxy) is 3. The zero-order valence-corrected chi connectivity index (χ0v) is 16.5. The number of carbonyl (C=O) groups is 2. The summed E-state index contributed by atoms with van der Waals surface area (Å²) >= 11 is 0. The molecule has 1 unspecified atom stereocenters. The molecule has 0 bridgehead atoms. The summed E-state index contributed by atoms with van der Waals surface area (Å²) in [6, 6.07) is 14.8. The van der Waals surface area contributed by atoms with Crippen LogP contribution in [0.2, 0.25) is 0 Å². The van der Waals surface area contributed by atoms with E-state index < -0.39 is 23.4 Å². The molecule has 2 rings (SSSR count). The summed E-state index contributed by atoms with van der Waals surface area (Å²) in [5.41, 5.74) is -1.14. The van der Waals surface area contributed by atoms with Crippen LogP contribution in [0.25, 0.3) is 0 Å². The van der Waals surface area contributed by atoms with E-state index in [0.29, 0.717) is 12.8 Å². The van der Waals surface area contributed by atoms with Crippen LogP contribution in [0.4, 0.5) is 4.39 Å². The predicted molar refractivity (Wildman–Crippen MR) is 106 cm³/mol. The van der Waals surface area contributed by atoms with Gasteiger partial charge in [-0.15, -0.1) is 0 Å². The van der Waals surface area contributed by atoms with Gasteiger partial charge in [-0.1, -0.05) is 31.7 Å². The molecule has 0 saturated heterocycles. The molecule has 0 aromatic heterocycles. The van der Waals surface area contributed by atoms with Crippen LogP contribution in [0.5, 0.6) is 11.5 Å². The number of carbonyl (C=O) groups excluding carboxylic acids is 2. The van der Waals surface area contributed by atoms with Gasteiger partial charge >= 0.3 is 11.9 Å². The number of halogens is 1.